The van der Waals surface area contributed by atoms with E-state index < -0.39 is 12.7 Å². The molecule has 25 heavy (non-hydrogen) atoms. The predicted octanol–water partition coefficient (Wildman–Crippen LogP) is 5.22. The Morgan fingerprint density at radius 1 is 0.880 bits per heavy atom. The fourth-order valence-electron chi connectivity index (χ4n) is 2.70. The van der Waals surface area contributed by atoms with Crippen LogP contribution in [-0.4, -0.2) is 11.8 Å². The van der Waals surface area contributed by atoms with Crippen LogP contribution in [0.1, 0.15) is 10.4 Å². The van der Waals surface area contributed by atoms with Gasteiger partial charge in [-0.25, -0.2) is 0 Å². The molecule has 1 unspecified atom stereocenters. The van der Waals surface area contributed by atoms with Crippen LogP contribution in [0.25, 0.3) is 0 Å². The van der Waals surface area contributed by atoms with E-state index in [0.29, 0.717) is 21.2 Å². The lowest BCUT2D eigenvalue weighted by Crippen LogP contribution is -2.23. The number of carbonyl (C=O) groups is 1. The number of thioether (sulfide) groups is 1. The molecule has 0 heterocycles. The van der Waals surface area contributed by atoms with Gasteiger partial charge in [0.05, 0.1) is 5.02 Å². The number of hydrogen-bond donors (Lipinski definition) is 0. The van der Waals surface area contributed by atoms with Crippen molar-refractivity contribution in [1.82, 2.24) is 0 Å². The lowest BCUT2D eigenvalue weighted by Gasteiger charge is -2.20. The first-order valence-electron chi connectivity index (χ1n) is 7.67. The van der Waals surface area contributed by atoms with Gasteiger partial charge in [-0.1, -0.05) is 66.2 Å². The van der Waals surface area contributed by atoms with E-state index in [2.05, 4.69) is 0 Å². The molecule has 0 aliphatic carbocycles. The Bertz CT molecular complexity index is 957. The van der Waals surface area contributed by atoms with Crippen LogP contribution in [0, 0.1) is 0 Å². The van der Waals surface area contributed by atoms with Gasteiger partial charge in [-0.3, -0.25) is 4.79 Å². The molecule has 0 aliphatic heterocycles. The maximum Gasteiger partial charge on any atom is 0.231 e. The Labute approximate surface area is 156 Å². The lowest BCUT2D eigenvalue weighted by atomic mass is 10.2. The average Bonchev–Trinajstić information content (AvgIpc) is 2.67. The highest BCUT2D eigenvalue weighted by molar-refractivity contribution is 7.99. The molecule has 0 aromatic heterocycles. The number of benzene rings is 3. The van der Waals surface area contributed by atoms with Crippen LogP contribution in [0.4, 0.5) is 0 Å². The third-order valence-corrected chi connectivity index (χ3v) is 8.10. The van der Waals surface area contributed by atoms with Gasteiger partial charge in [0.1, 0.15) is 0 Å². The first-order valence-corrected chi connectivity index (χ1v) is 11.0. The molecule has 0 radical (unpaired) electrons. The molecule has 2 nitrogen and oxygen atoms in total. The monoisotopic (exact) mass is 386 g/mol. The zero-order chi connectivity index (χ0) is 17.9. The highest BCUT2D eigenvalue weighted by Gasteiger charge is 2.38. The van der Waals surface area contributed by atoms with Crippen molar-refractivity contribution in [3.05, 3.63) is 89.4 Å². The summed E-state index contributed by atoms with van der Waals surface area (Å²) in [5.74, 6) is 0. The van der Waals surface area contributed by atoms with E-state index in [1.807, 2.05) is 24.5 Å². The second-order valence-corrected chi connectivity index (χ2v) is 9.28. The Hall–Kier alpha value is -1.80. The van der Waals surface area contributed by atoms with Gasteiger partial charge in [-0.05, 0) is 30.5 Å². The minimum absolute atomic E-state index is 0.338. The fraction of sp³-hybridized carbons (Fsp3) is 0.0500. The molecule has 0 fully saturated rings. The summed E-state index contributed by atoms with van der Waals surface area (Å²) in [7, 11) is -3.60. The SMILES string of the molecule is CSc1ccccc1C(=O)P(=O)(c1ccccc1)c1ccccc1Cl. The standard InChI is InChI=1S/C20H16ClO2PS/c1-25-19-14-8-5-11-16(19)20(22)24(23,15-9-3-2-4-10-15)18-13-7-6-12-17(18)21/h2-14H,1H3. The maximum absolute atomic E-state index is 14.2. The number of hydrogen-bond acceptors (Lipinski definition) is 3. The molecule has 0 amide bonds. The maximum atomic E-state index is 14.2. The lowest BCUT2D eigenvalue weighted by molar-refractivity contribution is 0.107. The van der Waals surface area contributed by atoms with Crippen LogP contribution in [-0.2, 0) is 4.57 Å². The van der Waals surface area contributed by atoms with Crippen LogP contribution in [0.5, 0.6) is 0 Å². The van der Waals surface area contributed by atoms with Gasteiger partial charge in [0, 0.05) is 21.1 Å². The molecular weight excluding hydrogens is 371 g/mol. The number of carbonyl (C=O) groups excluding carboxylic acids is 1. The van der Waals surface area contributed by atoms with E-state index in [1.54, 1.807) is 60.7 Å². The van der Waals surface area contributed by atoms with Crippen LogP contribution in [0.3, 0.4) is 0 Å². The molecule has 0 saturated carbocycles. The minimum Gasteiger partial charge on any atom is -0.305 e. The largest absolute Gasteiger partial charge is 0.305 e. The molecule has 0 N–H and O–H groups in total. The topological polar surface area (TPSA) is 34.1 Å². The van der Waals surface area contributed by atoms with Gasteiger partial charge in [-0.15, -0.1) is 11.8 Å². The van der Waals surface area contributed by atoms with Gasteiger partial charge < -0.3 is 4.57 Å². The molecule has 0 aliphatic rings. The normalized spacial score (nSPS) is 13.2. The summed E-state index contributed by atoms with van der Waals surface area (Å²) in [5.41, 5.74) is 0.0684. The Kier molecular flexibility index (Phi) is 5.48. The van der Waals surface area contributed by atoms with Crippen molar-refractivity contribution in [2.24, 2.45) is 0 Å². The summed E-state index contributed by atoms with van der Waals surface area (Å²) in [5, 5.41) is 1.21. The third kappa shape index (κ3) is 3.32. The van der Waals surface area contributed by atoms with E-state index in [9.17, 15) is 9.36 Å². The summed E-state index contributed by atoms with van der Waals surface area (Å²) >= 11 is 7.79. The van der Waals surface area contributed by atoms with Crippen LogP contribution in [0.2, 0.25) is 5.02 Å². The molecule has 3 aromatic carbocycles. The first kappa shape index (κ1) is 18.0. The average molecular weight is 387 g/mol. The molecule has 3 rings (SSSR count). The second kappa shape index (κ2) is 7.61. The number of halogens is 1. The molecule has 0 bridgehead atoms. The van der Waals surface area contributed by atoms with Gasteiger partial charge in [-0.2, -0.15) is 0 Å². The molecule has 0 saturated heterocycles. The van der Waals surface area contributed by atoms with Gasteiger partial charge >= 0.3 is 0 Å². The Balaban J connectivity index is 2.28. The minimum atomic E-state index is -3.60. The fourth-order valence-corrected chi connectivity index (χ4v) is 6.39. The van der Waals surface area contributed by atoms with E-state index in [0.717, 1.165) is 4.90 Å². The van der Waals surface area contributed by atoms with Gasteiger partial charge in [0.2, 0.25) is 12.7 Å². The van der Waals surface area contributed by atoms with Crippen molar-refractivity contribution in [2.45, 2.75) is 4.90 Å². The highest BCUT2D eigenvalue weighted by Crippen LogP contribution is 2.49. The zero-order valence-electron chi connectivity index (χ0n) is 13.6. The summed E-state index contributed by atoms with van der Waals surface area (Å²) in [6.45, 7) is 0. The van der Waals surface area contributed by atoms with Gasteiger partial charge in [0.25, 0.3) is 0 Å². The van der Waals surface area contributed by atoms with E-state index in [-0.39, 0.29) is 0 Å². The molecule has 5 heteroatoms. The predicted molar refractivity (Wildman–Crippen MR) is 107 cm³/mol. The van der Waals surface area contributed by atoms with E-state index >= 15 is 0 Å². The van der Waals surface area contributed by atoms with Crippen molar-refractivity contribution in [1.29, 1.82) is 0 Å². The molecular formula is C20H16ClO2PS. The van der Waals surface area contributed by atoms with Crippen molar-refractivity contribution in [3.8, 4) is 0 Å². The van der Waals surface area contributed by atoms with Gasteiger partial charge in [0.15, 0.2) is 0 Å². The quantitative estimate of drug-likeness (QED) is 0.445. The van der Waals surface area contributed by atoms with Crippen molar-refractivity contribution in [2.75, 3.05) is 6.26 Å². The van der Waals surface area contributed by atoms with Crippen LogP contribution < -0.4 is 10.6 Å². The van der Waals surface area contributed by atoms with Crippen molar-refractivity contribution in [3.63, 3.8) is 0 Å². The van der Waals surface area contributed by atoms with E-state index in [1.165, 1.54) is 11.8 Å². The molecule has 126 valence electrons. The summed E-state index contributed by atoms with van der Waals surface area (Å²) in [4.78, 5) is 14.3. The number of rotatable bonds is 5. The molecule has 3 aromatic rings. The van der Waals surface area contributed by atoms with Crippen molar-refractivity contribution < 1.29 is 9.36 Å². The highest BCUT2D eigenvalue weighted by atomic mass is 35.5. The molecule has 0 spiro atoms. The zero-order valence-corrected chi connectivity index (χ0v) is 16.0. The van der Waals surface area contributed by atoms with Crippen molar-refractivity contribution >= 4 is 46.6 Å². The smallest absolute Gasteiger partial charge is 0.231 e. The second-order valence-electron chi connectivity index (χ2n) is 5.40. The van der Waals surface area contributed by atoms with E-state index in [4.69, 9.17) is 11.6 Å². The van der Waals surface area contributed by atoms with Crippen LogP contribution in [0.15, 0.2) is 83.8 Å². The summed E-state index contributed by atoms with van der Waals surface area (Å²) in [6.07, 6.45) is 1.90. The summed E-state index contributed by atoms with van der Waals surface area (Å²) in [6, 6.07) is 23.0. The first-order chi connectivity index (χ1) is 12.1. The van der Waals surface area contributed by atoms with Crippen LogP contribution >= 0.6 is 30.5 Å². The third-order valence-electron chi connectivity index (χ3n) is 3.93. The molecule has 1 atom stereocenters. The Morgan fingerprint density at radius 2 is 1.48 bits per heavy atom. The Morgan fingerprint density at radius 3 is 2.16 bits per heavy atom. The summed E-state index contributed by atoms with van der Waals surface area (Å²) < 4.78 is 14.2.